The molecule has 1 atom stereocenters. The van der Waals surface area contributed by atoms with Gasteiger partial charge in [-0.25, -0.2) is 0 Å². The maximum atomic E-state index is 10.7. The van der Waals surface area contributed by atoms with Crippen LogP contribution in [0.5, 0.6) is 0 Å². The Kier molecular flexibility index (Phi) is 3.27. The van der Waals surface area contributed by atoms with Crippen LogP contribution in [0.4, 0.5) is 11.7 Å². The van der Waals surface area contributed by atoms with Gasteiger partial charge in [-0.1, -0.05) is 0 Å². The molecule has 1 aromatic heterocycles. The smallest absolute Gasteiger partial charge is 0.298 e. The summed E-state index contributed by atoms with van der Waals surface area (Å²) in [4.78, 5) is 16.6. The maximum absolute atomic E-state index is 10.7. The van der Waals surface area contributed by atoms with Crippen LogP contribution in [-0.4, -0.2) is 36.1 Å². The second-order valence-electron chi connectivity index (χ2n) is 5.08. The molecular weight excluding hydrogens is 260 g/mol. The van der Waals surface area contributed by atoms with Gasteiger partial charge < -0.3 is 14.6 Å². The Morgan fingerprint density at radius 2 is 2.45 bits per heavy atom. The van der Waals surface area contributed by atoms with E-state index in [1.165, 1.54) is 18.6 Å². The van der Waals surface area contributed by atoms with Crippen molar-refractivity contribution in [1.29, 1.82) is 0 Å². The first-order valence-corrected chi connectivity index (χ1v) is 6.63. The monoisotopic (exact) mass is 276 g/mol. The molecular formula is C13H16N4O3. The van der Waals surface area contributed by atoms with E-state index in [1.807, 2.05) is 11.9 Å². The van der Waals surface area contributed by atoms with Crippen molar-refractivity contribution in [3.63, 3.8) is 0 Å². The Morgan fingerprint density at radius 3 is 3.15 bits per heavy atom. The zero-order chi connectivity index (χ0) is 14.1. The molecule has 1 aliphatic heterocycles. The zero-order valence-corrected chi connectivity index (χ0v) is 11.2. The summed E-state index contributed by atoms with van der Waals surface area (Å²) < 4.78 is 5.64. The Balaban J connectivity index is 1.82. The lowest BCUT2D eigenvalue weighted by Gasteiger charge is -2.19. The molecule has 0 radical (unpaired) electrons. The summed E-state index contributed by atoms with van der Waals surface area (Å²) in [5.74, 6) is 0. The topological polar surface area (TPSA) is 84.4 Å². The van der Waals surface area contributed by atoms with Gasteiger partial charge in [-0.05, 0) is 25.5 Å². The molecule has 106 valence electrons. The van der Waals surface area contributed by atoms with Crippen molar-refractivity contribution in [3.05, 3.63) is 28.3 Å². The Bertz CT molecular complexity index is 634. The van der Waals surface area contributed by atoms with Crippen LogP contribution in [0.25, 0.3) is 11.1 Å². The molecule has 0 saturated carbocycles. The largest absolute Gasteiger partial charge is 0.423 e. The molecule has 0 aliphatic carbocycles. The lowest BCUT2D eigenvalue weighted by atomic mass is 10.2. The summed E-state index contributed by atoms with van der Waals surface area (Å²) in [6.07, 6.45) is 2.34. The molecule has 0 spiro atoms. The molecule has 1 N–H and O–H groups in total. The number of hydrogen-bond acceptors (Lipinski definition) is 6. The number of fused-ring (bicyclic) bond motifs is 1. The normalized spacial score (nSPS) is 18.6. The molecule has 3 rings (SSSR count). The number of nitrogens with one attached hydrogen (secondary N) is 1. The van der Waals surface area contributed by atoms with E-state index in [0.717, 1.165) is 19.5 Å². The quantitative estimate of drug-likeness (QED) is 0.678. The first-order chi connectivity index (χ1) is 9.63. The van der Waals surface area contributed by atoms with E-state index >= 15 is 0 Å². The summed E-state index contributed by atoms with van der Waals surface area (Å²) in [6, 6.07) is 5.39. The van der Waals surface area contributed by atoms with Crippen molar-refractivity contribution in [1.82, 2.24) is 10.3 Å². The number of hydrogen-bond donors (Lipinski definition) is 1. The van der Waals surface area contributed by atoms with Gasteiger partial charge in [0.1, 0.15) is 5.52 Å². The van der Waals surface area contributed by atoms with Crippen molar-refractivity contribution in [2.24, 2.45) is 0 Å². The van der Waals surface area contributed by atoms with Gasteiger partial charge in [0.15, 0.2) is 5.58 Å². The van der Waals surface area contributed by atoms with Gasteiger partial charge in [-0.15, -0.1) is 0 Å². The van der Waals surface area contributed by atoms with Gasteiger partial charge in [0.25, 0.3) is 11.7 Å². The minimum Gasteiger partial charge on any atom is -0.423 e. The fraction of sp³-hybridized carbons (Fsp3) is 0.462. The van der Waals surface area contributed by atoms with Gasteiger partial charge in [0, 0.05) is 31.8 Å². The summed E-state index contributed by atoms with van der Waals surface area (Å²) in [6.45, 7) is 1.87. The summed E-state index contributed by atoms with van der Waals surface area (Å²) in [5.41, 5.74) is 1.11. The molecule has 20 heavy (non-hydrogen) atoms. The molecule has 1 saturated heterocycles. The average Bonchev–Trinajstić information content (AvgIpc) is 3.05. The first kappa shape index (κ1) is 12.9. The SMILES string of the molecule is CN(C[C@@H]1CCCN1)c1nc2cc([N+](=O)[O-])ccc2o1. The number of aromatic nitrogens is 1. The standard InChI is InChI=1S/C13H16N4O3/c1-16(8-9-3-2-6-14-9)13-15-11-7-10(17(18)19)4-5-12(11)20-13/h4-5,7,9,14H,2-3,6,8H2,1H3/t9-/m0/s1. The summed E-state index contributed by atoms with van der Waals surface area (Å²) in [5, 5.41) is 14.2. The van der Waals surface area contributed by atoms with Crippen LogP contribution in [0.3, 0.4) is 0 Å². The molecule has 7 nitrogen and oxygen atoms in total. The number of nitro groups is 1. The molecule has 2 heterocycles. The lowest BCUT2D eigenvalue weighted by Crippen LogP contribution is -2.35. The van der Waals surface area contributed by atoms with E-state index in [-0.39, 0.29) is 5.69 Å². The lowest BCUT2D eigenvalue weighted by molar-refractivity contribution is -0.384. The Morgan fingerprint density at radius 1 is 1.60 bits per heavy atom. The molecule has 7 heteroatoms. The van der Waals surface area contributed by atoms with Crippen LogP contribution in [0, 0.1) is 10.1 Å². The molecule has 1 aliphatic rings. The third-order valence-electron chi connectivity index (χ3n) is 3.55. The molecule has 1 fully saturated rings. The van der Waals surface area contributed by atoms with Crippen molar-refractivity contribution in [2.45, 2.75) is 18.9 Å². The number of oxazole rings is 1. The number of nitrogens with zero attached hydrogens (tertiary/aromatic N) is 3. The summed E-state index contributed by atoms with van der Waals surface area (Å²) in [7, 11) is 1.92. The Labute approximate surface area is 115 Å². The van der Waals surface area contributed by atoms with Gasteiger partial charge in [-0.2, -0.15) is 4.98 Å². The van der Waals surface area contributed by atoms with Crippen LogP contribution in [0.15, 0.2) is 22.6 Å². The van der Waals surface area contributed by atoms with Gasteiger partial charge in [-0.3, -0.25) is 10.1 Å². The van der Waals surface area contributed by atoms with Crippen LogP contribution in [0.2, 0.25) is 0 Å². The first-order valence-electron chi connectivity index (χ1n) is 6.63. The third kappa shape index (κ3) is 2.44. The number of non-ortho nitro benzene ring substituents is 1. The zero-order valence-electron chi connectivity index (χ0n) is 11.2. The van der Waals surface area contributed by atoms with Crippen molar-refractivity contribution < 1.29 is 9.34 Å². The number of nitro benzene ring substituents is 1. The van der Waals surface area contributed by atoms with E-state index in [2.05, 4.69) is 10.3 Å². The van der Waals surface area contributed by atoms with Crippen LogP contribution in [-0.2, 0) is 0 Å². The second kappa shape index (κ2) is 5.09. The van der Waals surface area contributed by atoms with E-state index < -0.39 is 4.92 Å². The molecule has 0 unspecified atom stereocenters. The van der Waals surface area contributed by atoms with Crippen molar-refractivity contribution in [3.8, 4) is 0 Å². The predicted octanol–water partition coefficient (Wildman–Crippen LogP) is 1.92. The summed E-state index contributed by atoms with van der Waals surface area (Å²) >= 11 is 0. The van der Waals surface area contributed by atoms with Crippen molar-refractivity contribution >= 4 is 22.8 Å². The van der Waals surface area contributed by atoms with Crippen LogP contribution >= 0.6 is 0 Å². The van der Waals surface area contributed by atoms with Crippen molar-refractivity contribution in [2.75, 3.05) is 25.0 Å². The number of likely N-dealkylation sites (N-methyl/N-ethyl adjacent to an activating group) is 1. The van der Waals surface area contributed by atoms with Crippen LogP contribution in [0.1, 0.15) is 12.8 Å². The molecule has 0 bridgehead atoms. The maximum Gasteiger partial charge on any atom is 0.298 e. The second-order valence-corrected chi connectivity index (χ2v) is 5.08. The van der Waals surface area contributed by atoms with E-state index in [1.54, 1.807) is 6.07 Å². The average molecular weight is 276 g/mol. The van der Waals surface area contributed by atoms with E-state index in [9.17, 15) is 10.1 Å². The molecule has 1 aromatic carbocycles. The minimum atomic E-state index is -0.431. The number of benzene rings is 1. The van der Waals surface area contributed by atoms with E-state index in [4.69, 9.17) is 4.42 Å². The highest BCUT2D eigenvalue weighted by Gasteiger charge is 2.19. The highest BCUT2D eigenvalue weighted by molar-refractivity contribution is 5.77. The fourth-order valence-electron chi connectivity index (χ4n) is 2.50. The number of rotatable bonds is 4. The third-order valence-corrected chi connectivity index (χ3v) is 3.55. The van der Waals surface area contributed by atoms with Gasteiger partial charge in [0.2, 0.25) is 0 Å². The van der Waals surface area contributed by atoms with E-state index in [0.29, 0.717) is 23.2 Å². The van der Waals surface area contributed by atoms with Gasteiger partial charge >= 0.3 is 0 Å². The number of anilines is 1. The minimum absolute atomic E-state index is 0.0254. The van der Waals surface area contributed by atoms with Crippen LogP contribution < -0.4 is 10.2 Å². The fourth-order valence-corrected chi connectivity index (χ4v) is 2.50. The molecule has 2 aromatic rings. The Hall–Kier alpha value is -2.15. The van der Waals surface area contributed by atoms with Gasteiger partial charge in [0.05, 0.1) is 4.92 Å². The molecule has 0 amide bonds. The highest BCUT2D eigenvalue weighted by Crippen LogP contribution is 2.25. The predicted molar refractivity (Wildman–Crippen MR) is 75.0 cm³/mol. The highest BCUT2D eigenvalue weighted by atomic mass is 16.6.